The van der Waals surface area contributed by atoms with Gasteiger partial charge in [0.25, 0.3) is 0 Å². The predicted molar refractivity (Wildman–Crippen MR) is 100 cm³/mol. The van der Waals surface area contributed by atoms with Crippen LogP contribution >= 0.6 is 0 Å². The van der Waals surface area contributed by atoms with Crippen molar-refractivity contribution >= 4 is 5.91 Å². The Kier molecular flexibility index (Phi) is 6.41. The zero-order valence-corrected chi connectivity index (χ0v) is 16.1. The minimum atomic E-state index is -0.174. The maximum Gasteiger partial charge on any atom is 0.246 e. The monoisotopic (exact) mass is 361 g/mol. The number of carbonyl (C=O) groups excluding carboxylic acids is 1. The highest BCUT2D eigenvalue weighted by molar-refractivity contribution is 5.77. The summed E-state index contributed by atoms with van der Waals surface area (Å²) in [5.41, 5.74) is 0. The van der Waals surface area contributed by atoms with Crippen LogP contribution in [0.2, 0.25) is 0 Å². The summed E-state index contributed by atoms with van der Waals surface area (Å²) in [5.74, 6) is 3.20. The van der Waals surface area contributed by atoms with Crippen LogP contribution in [0.3, 0.4) is 0 Å². The van der Waals surface area contributed by atoms with Crippen molar-refractivity contribution in [2.24, 2.45) is 17.8 Å². The molecule has 1 amide bonds. The molecule has 1 N–H and O–H groups in total. The molecule has 1 aliphatic carbocycles. The number of carbonyl (C=O) groups is 1. The first-order valence-electron chi connectivity index (χ1n) is 9.79. The average Bonchev–Trinajstić information content (AvgIpc) is 2.64. The van der Waals surface area contributed by atoms with Crippen LogP contribution < -0.4 is 14.8 Å². The molecule has 144 valence electrons. The van der Waals surface area contributed by atoms with E-state index in [-0.39, 0.29) is 24.7 Å². The fourth-order valence-electron chi connectivity index (χ4n) is 3.93. The summed E-state index contributed by atoms with van der Waals surface area (Å²) in [7, 11) is 0. The van der Waals surface area contributed by atoms with Gasteiger partial charge in [0.15, 0.2) is 11.5 Å². The van der Waals surface area contributed by atoms with E-state index in [4.69, 9.17) is 14.2 Å². The van der Waals surface area contributed by atoms with Crippen LogP contribution in [0.1, 0.15) is 40.0 Å². The van der Waals surface area contributed by atoms with Crippen molar-refractivity contribution in [3.05, 3.63) is 24.3 Å². The molecule has 0 radical (unpaired) electrons. The molecular formula is C21H31NO4. The van der Waals surface area contributed by atoms with Gasteiger partial charge in [-0.05, 0) is 42.7 Å². The number of fused-ring (bicyclic) bond motifs is 1. The van der Waals surface area contributed by atoms with E-state index in [1.165, 1.54) is 12.8 Å². The van der Waals surface area contributed by atoms with Gasteiger partial charge >= 0.3 is 0 Å². The Hall–Kier alpha value is -1.75. The molecule has 1 aliphatic heterocycles. The highest BCUT2D eigenvalue weighted by Crippen LogP contribution is 2.35. The molecular weight excluding hydrogens is 330 g/mol. The van der Waals surface area contributed by atoms with E-state index < -0.39 is 0 Å². The Morgan fingerprint density at radius 1 is 1.27 bits per heavy atom. The van der Waals surface area contributed by atoms with Crippen LogP contribution in [0.25, 0.3) is 0 Å². The van der Waals surface area contributed by atoms with Crippen molar-refractivity contribution in [2.75, 3.05) is 19.8 Å². The van der Waals surface area contributed by atoms with Crippen molar-refractivity contribution in [1.29, 1.82) is 0 Å². The molecule has 1 unspecified atom stereocenters. The second-order valence-electron chi connectivity index (χ2n) is 7.98. The molecule has 1 saturated carbocycles. The summed E-state index contributed by atoms with van der Waals surface area (Å²) in [6, 6.07) is 7.59. The largest absolute Gasteiger partial charge is 0.486 e. The molecule has 26 heavy (non-hydrogen) atoms. The van der Waals surface area contributed by atoms with E-state index in [0.29, 0.717) is 30.9 Å². The first kappa shape index (κ1) is 19.0. The molecule has 5 heteroatoms. The summed E-state index contributed by atoms with van der Waals surface area (Å²) in [6.45, 7) is 7.74. The molecule has 1 heterocycles. The Morgan fingerprint density at radius 3 is 2.81 bits per heavy atom. The topological polar surface area (TPSA) is 56.8 Å². The maximum atomic E-state index is 12.2. The minimum absolute atomic E-state index is 0.0896. The highest BCUT2D eigenvalue weighted by Gasteiger charge is 2.31. The Labute approximate surface area is 156 Å². The Morgan fingerprint density at radius 2 is 2.04 bits per heavy atom. The van der Waals surface area contributed by atoms with Crippen LogP contribution in [0.4, 0.5) is 0 Å². The van der Waals surface area contributed by atoms with E-state index in [9.17, 15) is 4.79 Å². The normalized spacial score (nSPS) is 28.0. The number of hydrogen-bond acceptors (Lipinski definition) is 4. The van der Waals surface area contributed by atoms with Crippen molar-refractivity contribution in [1.82, 2.24) is 5.32 Å². The van der Waals surface area contributed by atoms with Gasteiger partial charge in [-0.3, -0.25) is 4.79 Å². The van der Waals surface area contributed by atoms with Gasteiger partial charge in [0.2, 0.25) is 5.91 Å². The molecule has 0 bridgehead atoms. The van der Waals surface area contributed by atoms with Gasteiger partial charge in [-0.15, -0.1) is 0 Å². The van der Waals surface area contributed by atoms with Gasteiger partial charge in [-0.2, -0.15) is 0 Å². The molecule has 4 atom stereocenters. The number of amides is 1. The van der Waals surface area contributed by atoms with Crippen molar-refractivity contribution in [2.45, 2.75) is 52.2 Å². The first-order chi connectivity index (χ1) is 12.5. The van der Waals surface area contributed by atoms with Crippen molar-refractivity contribution < 1.29 is 19.0 Å². The molecule has 1 aromatic carbocycles. The quantitative estimate of drug-likeness (QED) is 0.843. The van der Waals surface area contributed by atoms with E-state index in [1.54, 1.807) is 0 Å². The summed E-state index contributed by atoms with van der Waals surface area (Å²) < 4.78 is 17.5. The van der Waals surface area contributed by atoms with E-state index in [2.05, 4.69) is 26.1 Å². The van der Waals surface area contributed by atoms with Crippen LogP contribution in [0, 0.1) is 17.8 Å². The summed E-state index contributed by atoms with van der Waals surface area (Å²) in [4.78, 5) is 12.2. The van der Waals surface area contributed by atoms with Crippen LogP contribution in [-0.2, 0) is 9.53 Å². The minimum Gasteiger partial charge on any atom is -0.486 e. The molecule has 0 aromatic heterocycles. The smallest absolute Gasteiger partial charge is 0.246 e. The van der Waals surface area contributed by atoms with Gasteiger partial charge in [0.1, 0.15) is 19.3 Å². The van der Waals surface area contributed by atoms with Gasteiger partial charge in [0, 0.05) is 0 Å². The van der Waals surface area contributed by atoms with Gasteiger partial charge in [0.05, 0.1) is 12.6 Å². The number of rotatable bonds is 6. The SMILES string of the molecule is CC(C)[C@H]1CC[C@H](C)C[C@@H]1OCC(=O)NCC1COc2ccccc2O1. The Bertz CT molecular complexity index is 603. The number of ether oxygens (including phenoxy) is 3. The van der Waals surface area contributed by atoms with Gasteiger partial charge < -0.3 is 19.5 Å². The summed E-state index contributed by atoms with van der Waals surface area (Å²) in [5, 5.41) is 2.91. The lowest BCUT2D eigenvalue weighted by Crippen LogP contribution is -2.43. The van der Waals surface area contributed by atoms with Crippen LogP contribution in [0.5, 0.6) is 11.5 Å². The zero-order valence-electron chi connectivity index (χ0n) is 16.1. The molecule has 1 aromatic rings. The first-order valence-corrected chi connectivity index (χ1v) is 9.79. The maximum absolute atomic E-state index is 12.2. The van der Waals surface area contributed by atoms with E-state index in [0.717, 1.165) is 17.9 Å². The van der Waals surface area contributed by atoms with Crippen LogP contribution in [0.15, 0.2) is 24.3 Å². The van der Waals surface area contributed by atoms with E-state index >= 15 is 0 Å². The third kappa shape index (κ3) is 4.91. The fourth-order valence-corrected chi connectivity index (χ4v) is 3.93. The molecule has 1 fully saturated rings. The van der Waals surface area contributed by atoms with E-state index in [1.807, 2.05) is 24.3 Å². The fraction of sp³-hybridized carbons (Fsp3) is 0.667. The Balaban J connectivity index is 1.42. The lowest BCUT2D eigenvalue weighted by Gasteiger charge is -2.37. The second-order valence-corrected chi connectivity index (χ2v) is 7.98. The third-order valence-corrected chi connectivity index (χ3v) is 5.48. The average molecular weight is 361 g/mol. The second kappa shape index (κ2) is 8.76. The summed E-state index contributed by atoms with van der Waals surface area (Å²) >= 11 is 0. The lowest BCUT2D eigenvalue weighted by molar-refractivity contribution is -0.131. The van der Waals surface area contributed by atoms with Crippen molar-refractivity contribution in [3.8, 4) is 11.5 Å². The number of para-hydroxylation sites is 2. The summed E-state index contributed by atoms with van der Waals surface area (Å²) in [6.07, 6.45) is 3.51. The lowest BCUT2D eigenvalue weighted by atomic mass is 9.75. The zero-order chi connectivity index (χ0) is 18.5. The van der Waals surface area contributed by atoms with Gasteiger partial charge in [-0.1, -0.05) is 39.3 Å². The molecule has 3 rings (SSSR count). The molecule has 0 saturated heterocycles. The van der Waals surface area contributed by atoms with Gasteiger partial charge in [-0.25, -0.2) is 0 Å². The predicted octanol–water partition coefficient (Wildman–Crippen LogP) is 3.42. The van der Waals surface area contributed by atoms with Crippen LogP contribution in [-0.4, -0.2) is 37.9 Å². The number of nitrogens with one attached hydrogen (secondary N) is 1. The highest BCUT2D eigenvalue weighted by atomic mass is 16.6. The number of hydrogen-bond donors (Lipinski definition) is 1. The van der Waals surface area contributed by atoms with Crippen molar-refractivity contribution in [3.63, 3.8) is 0 Å². The molecule has 5 nitrogen and oxygen atoms in total. The standard InChI is InChI=1S/C21H31NO4/c1-14(2)17-9-8-15(3)10-20(17)25-13-21(23)22-11-16-12-24-18-6-4-5-7-19(18)26-16/h4-7,14-17,20H,8-13H2,1-3H3,(H,22,23)/t15-,16?,17+,20-/m0/s1. The number of benzene rings is 1. The molecule has 2 aliphatic rings. The molecule has 0 spiro atoms. The third-order valence-electron chi connectivity index (χ3n) is 5.48.